The van der Waals surface area contributed by atoms with Gasteiger partial charge in [-0.2, -0.15) is 0 Å². The van der Waals surface area contributed by atoms with Crippen molar-refractivity contribution in [3.8, 4) is 0 Å². The van der Waals surface area contributed by atoms with Gasteiger partial charge >= 0.3 is 0 Å². The lowest BCUT2D eigenvalue weighted by Gasteiger charge is -2.35. The fraction of sp³-hybridized carbons (Fsp3) is 0.714. The molecule has 1 saturated carbocycles. The van der Waals surface area contributed by atoms with Gasteiger partial charge in [0, 0.05) is 6.54 Å². The number of rotatable bonds is 4. The number of halogens is 1. The minimum absolute atomic E-state index is 0.269. The second-order valence-electron chi connectivity index (χ2n) is 7.97. The normalized spacial score (nSPS) is 22.2. The van der Waals surface area contributed by atoms with Crippen LogP contribution in [0.3, 0.4) is 0 Å². The van der Waals surface area contributed by atoms with Crippen molar-refractivity contribution < 1.29 is 4.39 Å². The lowest BCUT2D eigenvalue weighted by atomic mass is 9.87. The van der Waals surface area contributed by atoms with E-state index in [1.165, 1.54) is 83.5 Å². The van der Waals surface area contributed by atoms with Crippen molar-refractivity contribution in [2.75, 3.05) is 25.4 Å². The largest absolute Gasteiger partial charge is 0.396 e. The van der Waals surface area contributed by atoms with E-state index < -0.39 is 0 Å². The van der Waals surface area contributed by atoms with Gasteiger partial charge in [-0.25, -0.2) is 4.39 Å². The van der Waals surface area contributed by atoms with Crippen molar-refractivity contribution >= 4 is 5.69 Å². The second-order valence-corrected chi connectivity index (χ2v) is 7.97. The van der Waals surface area contributed by atoms with Gasteiger partial charge in [0.25, 0.3) is 0 Å². The average Bonchev–Trinajstić information content (AvgIpc) is 2.56. The standard InChI is InChI=1S/C21H33FN2/c22-20-10-6-9-19(21(20)23)15-17-11-13-24(14-12-17)16-18-7-4-2-1-3-5-8-18/h6,9-10,17-18H,1-5,7-8,11-16,23H2. The third-order valence-corrected chi connectivity index (χ3v) is 6.10. The molecule has 0 radical (unpaired) electrons. The number of likely N-dealkylation sites (tertiary alicyclic amines) is 1. The summed E-state index contributed by atoms with van der Waals surface area (Å²) in [4.78, 5) is 2.68. The Morgan fingerprint density at radius 2 is 1.58 bits per heavy atom. The summed E-state index contributed by atoms with van der Waals surface area (Å²) in [6.45, 7) is 3.71. The molecule has 0 aromatic heterocycles. The summed E-state index contributed by atoms with van der Waals surface area (Å²) in [6.07, 6.45) is 13.4. The first-order chi connectivity index (χ1) is 11.7. The van der Waals surface area contributed by atoms with Crippen LogP contribution >= 0.6 is 0 Å². The molecule has 1 aliphatic heterocycles. The van der Waals surface area contributed by atoms with Gasteiger partial charge in [0.2, 0.25) is 0 Å². The Labute approximate surface area is 146 Å². The van der Waals surface area contributed by atoms with Crippen molar-refractivity contribution in [1.82, 2.24) is 4.90 Å². The van der Waals surface area contributed by atoms with Crippen LogP contribution in [0.2, 0.25) is 0 Å². The van der Waals surface area contributed by atoms with E-state index >= 15 is 0 Å². The van der Waals surface area contributed by atoms with Gasteiger partial charge in [0.05, 0.1) is 5.69 Å². The number of piperidine rings is 1. The molecule has 2 aliphatic rings. The maximum Gasteiger partial charge on any atom is 0.146 e. The molecule has 0 unspecified atom stereocenters. The lowest BCUT2D eigenvalue weighted by Crippen LogP contribution is -2.37. The zero-order valence-corrected chi connectivity index (χ0v) is 15.0. The Hall–Kier alpha value is -1.09. The van der Waals surface area contributed by atoms with Crippen LogP contribution in [0, 0.1) is 17.7 Å². The molecule has 24 heavy (non-hydrogen) atoms. The number of para-hydroxylation sites is 1. The van der Waals surface area contributed by atoms with Crippen LogP contribution in [0.4, 0.5) is 10.1 Å². The Bertz CT molecular complexity index is 501. The van der Waals surface area contributed by atoms with E-state index in [2.05, 4.69) is 4.90 Å². The van der Waals surface area contributed by atoms with E-state index in [9.17, 15) is 4.39 Å². The summed E-state index contributed by atoms with van der Waals surface area (Å²) in [5.74, 6) is 1.30. The van der Waals surface area contributed by atoms with Crippen molar-refractivity contribution in [2.24, 2.45) is 11.8 Å². The smallest absolute Gasteiger partial charge is 0.146 e. The molecular weight excluding hydrogens is 299 g/mol. The van der Waals surface area contributed by atoms with Crippen LogP contribution in [0.15, 0.2) is 18.2 Å². The fourth-order valence-corrected chi connectivity index (χ4v) is 4.53. The van der Waals surface area contributed by atoms with Crippen molar-refractivity contribution in [2.45, 2.75) is 64.2 Å². The molecule has 3 rings (SSSR count). The van der Waals surface area contributed by atoms with Gasteiger partial charge in [-0.05, 0) is 68.7 Å². The Morgan fingerprint density at radius 1 is 0.917 bits per heavy atom. The molecule has 0 spiro atoms. The highest BCUT2D eigenvalue weighted by Gasteiger charge is 2.23. The van der Waals surface area contributed by atoms with Gasteiger partial charge in [-0.3, -0.25) is 0 Å². The fourth-order valence-electron chi connectivity index (χ4n) is 4.53. The van der Waals surface area contributed by atoms with Crippen molar-refractivity contribution in [3.05, 3.63) is 29.6 Å². The summed E-state index contributed by atoms with van der Waals surface area (Å²) < 4.78 is 13.6. The van der Waals surface area contributed by atoms with Crippen molar-refractivity contribution in [3.63, 3.8) is 0 Å². The van der Waals surface area contributed by atoms with E-state index in [-0.39, 0.29) is 5.82 Å². The van der Waals surface area contributed by atoms with Gasteiger partial charge in [-0.15, -0.1) is 0 Å². The minimum atomic E-state index is -0.269. The Kier molecular flexibility index (Phi) is 6.53. The summed E-state index contributed by atoms with van der Waals surface area (Å²) in [5.41, 5.74) is 7.24. The van der Waals surface area contributed by atoms with Gasteiger partial charge in [0.1, 0.15) is 5.82 Å². The van der Waals surface area contributed by atoms with E-state index in [1.807, 2.05) is 6.07 Å². The van der Waals surface area contributed by atoms with Crippen LogP contribution in [0.5, 0.6) is 0 Å². The lowest BCUT2D eigenvalue weighted by molar-refractivity contribution is 0.149. The number of benzene rings is 1. The maximum absolute atomic E-state index is 13.6. The highest BCUT2D eigenvalue weighted by Crippen LogP contribution is 2.28. The molecule has 0 atom stereocenters. The van der Waals surface area contributed by atoms with Gasteiger partial charge < -0.3 is 10.6 Å². The maximum atomic E-state index is 13.6. The Morgan fingerprint density at radius 3 is 2.29 bits per heavy atom. The quantitative estimate of drug-likeness (QED) is 0.784. The van der Waals surface area contributed by atoms with E-state index in [0.29, 0.717) is 11.6 Å². The summed E-state index contributed by atoms with van der Waals surface area (Å²) >= 11 is 0. The summed E-state index contributed by atoms with van der Waals surface area (Å²) in [5, 5.41) is 0. The molecular formula is C21H33FN2. The number of nitrogen functional groups attached to an aromatic ring is 1. The predicted molar refractivity (Wildman–Crippen MR) is 99.5 cm³/mol. The SMILES string of the molecule is Nc1c(F)cccc1CC1CCN(CC2CCCCCCC2)CC1. The first-order valence-electron chi connectivity index (χ1n) is 9.97. The number of hydrogen-bond acceptors (Lipinski definition) is 2. The molecule has 1 saturated heterocycles. The molecule has 0 bridgehead atoms. The molecule has 1 aromatic rings. The second kappa shape index (κ2) is 8.84. The first-order valence-corrected chi connectivity index (χ1v) is 9.97. The summed E-state index contributed by atoms with van der Waals surface area (Å²) in [7, 11) is 0. The zero-order valence-electron chi connectivity index (χ0n) is 15.0. The van der Waals surface area contributed by atoms with E-state index in [1.54, 1.807) is 6.07 Å². The number of nitrogens with two attached hydrogens (primary N) is 1. The molecule has 1 aromatic carbocycles. The molecule has 1 aliphatic carbocycles. The highest BCUT2D eigenvalue weighted by atomic mass is 19.1. The van der Waals surface area contributed by atoms with Crippen LogP contribution < -0.4 is 5.73 Å². The number of anilines is 1. The zero-order chi connectivity index (χ0) is 16.8. The molecule has 3 heteroatoms. The third-order valence-electron chi connectivity index (χ3n) is 6.10. The Balaban J connectivity index is 1.44. The predicted octanol–water partition coefficient (Wildman–Crippen LogP) is 5.02. The van der Waals surface area contributed by atoms with Crippen molar-refractivity contribution in [1.29, 1.82) is 0 Å². The van der Waals surface area contributed by atoms with Gasteiger partial charge in [-0.1, -0.05) is 44.2 Å². The molecule has 0 amide bonds. The third kappa shape index (κ3) is 4.95. The topological polar surface area (TPSA) is 29.3 Å². The molecule has 2 N–H and O–H groups in total. The number of nitrogens with zero attached hydrogens (tertiary/aromatic N) is 1. The molecule has 2 fully saturated rings. The highest BCUT2D eigenvalue weighted by molar-refractivity contribution is 5.48. The number of hydrogen-bond donors (Lipinski definition) is 1. The van der Waals surface area contributed by atoms with E-state index in [4.69, 9.17) is 5.73 Å². The average molecular weight is 333 g/mol. The van der Waals surface area contributed by atoms with Crippen LogP contribution in [-0.2, 0) is 6.42 Å². The van der Waals surface area contributed by atoms with Crippen LogP contribution in [0.1, 0.15) is 63.4 Å². The monoisotopic (exact) mass is 332 g/mol. The van der Waals surface area contributed by atoms with E-state index in [0.717, 1.165) is 17.9 Å². The first kappa shape index (κ1) is 17.7. The van der Waals surface area contributed by atoms with Crippen LogP contribution in [0.25, 0.3) is 0 Å². The minimum Gasteiger partial charge on any atom is -0.396 e. The van der Waals surface area contributed by atoms with Gasteiger partial charge in [0.15, 0.2) is 0 Å². The van der Waals surface area contributed by atoms with Crippen LogP contribution in [-0.4, -0.2) is 24.5 Å². The summed E-state index contributed by atoms with van der Waals surface area (Å²) in [6, 6.07) is 5.22. The molecule has 1 heterocycles. The molecule has 134 valence electrons. The molecule has 2 nitrogen and oxygen atoms in total.